The Morgan fingerprint density at radius 2 is 1.94 bits per heavy atom. The summed E-state index contributed by atoms with van der Waals surface area (Å²) in [5, 5.41) is 21.0. The van der Waals surface area contributed by atoms with E-state index in [1.165, 1.54) is 23.5 Å². The van der Waals surface area contributed by atoms with Crippen LogP contribution in [0.25, 0.3) is 0 Å². The maximum atomic E-state index is 9.75. The van der Waals surface area contributed by atoms with Gasteiger partial charge in [0.1, 0.15) is 18.4 Å². The quantitative estimate of drug-likeness (QED) is 0.850. The first-order valence-electron chi connectivity index (χ1n) is 4.24. The van der Waals surface area contributed by atoms with Crippen LogP contribution in [0, 0.1) is 0 Å². The Kier molecular flexibility index (Phi) is 3.35. The van der Waals surface area contributed by atoms with Gasteiger partial charge in [0.15, 0.2) is 0 Å². The zero-order valence-corrected chi connectivity index (χ0v) is 11.1. The molecule has 0 bridgehead atoms. The average molecular weight is 346 g/mol. The molecule has 2 aromatic rings. The highest BCUT2D eigenvalue weighted by molar-refractivity contribution is 9.11. The lowest BCUT2D eigenvalue weighted by Crippen LogP contribution is -1.89. The summed E-state index contributed by atoms with van der Waals surface area (Å²) in [5.41, 5.74) is 0.593. The van der Waals surface area contributed by atoms with E-state index in [9.17, 15) is 5.11 Å². The molecule has 0 aliphatic rings. The highest BCUT2D eigenvalue weighted by Gasteiger charge is 2.05. The van der Waals surface area contributed by atoms with Crippen LogP contribution in [0.1, 0.15) is 5.56 Å². The van der Waals surface area contributed by atoms with Gasteiger partial charge in [0.2, 0.25) is 0 Å². The van der Waals surface area contributed by atoms with E-state index in [1.54, 1.807) is 12.1 Å². The van der Waals surface area contributed by atoms with E-state index in [0.29, 0.717) is 10.0 Å². The molecule has 0 aliphatic heterocycles. The molecule has 0 atom stereocenters. The molecule has 82 valence electrons. The van der Waals surface area contributed by atoms with Crippen LogP contribution in [0.5, 0.6) is 5.75 Å². The Morgan fingerprint density at radius 1 is 1.25 bits per heavy atom. The first-order valence-corrected chi connectivity index (χ1v) is 5.82. The number of rotatable bonds is 2. The molecule has 0 unspecified atom stereocenters. The fourth-order valence-corrected chi connectivity index (χ4v) is 2.33. The van der Waals surface area contributed by atoms with Crippen LogP contribution in [-0.4, -0.2) is 26.2 Å². The molecule has 1 N–H and O–H groups in total. The van der Waals surface area contributed by atoms with Gasteiger partial charge in [-0.1, -0.05) is 15.9 Å². The number of hydrogen-bond donors (Lipinski definition) is 1. The summed E-state index contributed by atoms with van der Waals surface area (Å²) < 4.78 is 2.89. The van der Waals surface area contributed by atoms with Crippen molar-refractivity contribution >= 4 is 38.1 Å². The van der Waals surface area contributed by atoms with E-state index in [2.05, 4.69) is 47.2 Å². The summed E-state index contributed by atoms with van der Waals surface area (Å²) in [6.45, 7) is 0. The molecule has 0 spiro atoms. The molecule has 1 aromatic carbocycles. The van der Waals surface area contributed by atoms with E-state index >= 15 is 0 Å². The summed E-state index contributed by atoms with van der Waals surface area (Å²) in [6, 6.07) is 3.51. The van der Waals surface area contributed by atoms with Crippen molar-refractivity contribution in [3.05, 3.63) is 39.3 Å². The predicted molar refractivity (Wildman–Crippen MR) is 66.5 cm³/mol. The Balaban J connectivity index is 2.34. The summed E-state index contributed by atoms with van der Waals surface area (Å²) in [6.07, 6.45) is 4.44. The van der Waals surface area contributed by atoms with Crippen molar-refractivity contribution in [2.75, 3.05) is 0 Å². The molecule has 0 saturated carbocycles. The van der Waals surface area contributed by atoms with Crippen molar-refractivity contribution < 1.29 is 5.11 Å². The highest BCUT2D eigenvalue weighted by atomic mass is 79.9. The zero-order chi connectivity index (χ0) is 11.5. The maximum absolute atomic E-state index is 9.75. The molecule has 5 nitrogen and oxygen atoms in total. The largest absolute Gasteiger partial charge is 0.506 e. The number of phenolic OH excluding ortho intramolecular Hbond substituents is 1. The lowest BCUT2D eigenvalue weighted by molar-refractivity contribution is 0.471. The molecule has 1 heterocycles. The van der Waals surface area contributed by atoms with Gasteiger partial charge >= 0.3 is 0 Å². The monoisotopic (exact) mass is 344 g/mol. The van der Waals surface area contributed by atoms with E-state index in [4.69, 9.17) is 0 Å². The molecular formula is C9H6Br2N4O. The van der Waals surface area contributed by atoms with Crippen molar-refractivity contribution in [3.63, 3.8) is 0 Å². The third-order valence-electron chi connectivity index (χ3n) is 1.79. The third-order valence-corrected chi connectivity index (χ3v) is 2.86. The average Bonchev–Trinajstić information content (AvgIpc) is 2.74. The smallest absolute Gasteiger partial charge is 0.141 e. The number of benzene rings is 1. The molecule has 0 saturated heterocycles. The molecule has 2 rings (SSSR count). The lowest BCUT2D eigenvalue weighted by atomic mass is 10.2. The highest BCUT2D eigenvalue weighted by Crippen LogP contribution is 2.30. The number of nitrogens with zero attached hydrogens (tertiary/aromatic N) is 4. The second kappa shape index (κ2) is 4.75. The number of aromatic nitrogens is 3. The number of halogens is 2. The van der Waals surface area contributed by atoms with E-state index in [0.717, 1.165) is 4.47 Å². The van der Waals surface area contributed by atoms with E-state index in [1.807, 2.05) is 0 Å². The second-order valence-electron chi connectivity index (χ2n) is 2.91. The molecule has 7 heteroatoms. The fourth-order valence-electron chi connectivity index (χ4n) is 1.07. The van der Waals surface area contributed by atoms with Crippen LogP contribution >= 0.6 is 31.9 Å². The first kappa shape index (κ1) is 11.3. The Bertz CT molecular complexity index is 525. The van der Waals surface area contributed by atoms with Gasteiger partial charge in [-0.25, -0.2) is 4.68 Å². The molecule has 0 fully saturated rings. The normalized spacial score (nSPS) is 11.1. The van der Waals surface area contributed by atoms with Gasteiger partial charge in [0.05, 0.1) is 10.7 Å². The zero-order valence-electron chi connectivity index (χ0n) is 7.88. The van der Waals surface area contributed by atoms with Gasteiger partial charge in [-0.3, -0.25) is 0 Å². The van der Waals surface area contributed by atoms with Gasteiger partial charge < -0.3 is 5.11 Å². The van der Waals surface area contributed by atoms with Crippen molar-refractivity contribution in [3.8, 4) is 5.75 Å². The minimum absolute atomic E-state index is 0.139. The first-order chi connectivity index (χ1) is 7.66. The van der Waals surface area contributed by atoms with Crippen molar-refractivity contribution in [2.24, 2.45) is 5.10 Å². The van der Waals surface area contributed by atoms with Crippen LogP contribution < -0.4 is 0 Å². The molecule has 0 amide bonds. The summed E-state index contributed by atoms with van der Waals surface area (Å²) in [5.74, 6) is 0.139. The van der Waals surface area contributed by atoms with Crippen LogP contribution in [-0.2, 0) is 0 Å². The van der Waals surface area contributed by atoms with Gasteiger partial charge in [0.25, 0.3) is 0 Å². The Hall–Kier alpha value is -1.21. The lowest BCUT2D eigenvalue weighted by Gasteiger charge is -2.02. The topological polar surface area (TPSA) is 63.3 Å². The number of phenols is 1. The standard InChI is InChI=1S/C9H6Br2N4O/c10-7-1-6(9(16)8(11)2-7)3-14-15-4-12-13-5-15/h1-5,16H. The summed E-state index contributed by atoms with van der Waals surface area (Å²) in [4.78, 5) is 0. The van der Waals surface area contributed by atoms with Crippen molar-refractivity contribution in [1.82, 2.24) is 14.9 Å². The third kappa shape index (κ3) is 2.48. The Morgan fingerprint density at radius 3 is 2.62 bits per heavy atom. The maximum Gasteiger partial charge on any atom is 0.141 e. The summed E-state index contributed by atoms with van der Waals surface area (Å²) >= 11 is 6.57. The SMILES string of the molecule is Oc1c(Br)cc(Br)cc1C=Nn1cnnc1. The minimum atomic E-state index is 0.139. The molecule has 1 aromatic heterocycles. The van der Waals surface area contributed by atoms with Crippen molar-refractivity contribution in [1.29, 1.82) is 0 Å². The predicted octanol–water partition coefficient (Wildman–Crippen LogP) is 2.39. The van der Waals surface area contributed by atoms with Crippen LogP contribution in [0.2, 0.25) is 0 Å². The van der Waals surface area contributed by atoms with Crippen LogP contribution in [0.4, 0.5) is 0 Å². The van der Waals surface area contributed by atoms with E-state index < -0.39 is 0 Å². The summed E-state index contributed by atoms with van der Waals surface area (Å²) in [7, 11) is 0. The van der Waals surface area contributed by atoms with Crippen LogP contribution in [0.3, 0.4) is 0 Å². The van der Waals surface area contributed by atoms with Gasteiger partial charge in [-0.2, -0.15) is 5.10 Å². The minimum Gasteiger partial charge on any atom is -0.506 e. The second-order valence-corrected chi connectivity index (χ2v) is 4.68. The van der Waals surface area contributed by atoms with E-state index in [-0.39, 0.29) is 5.75 Å². The van der Waals surface area contributed by atoms with Crippen molar-refractivity contribution in [2.45, 2.75) is 0 Å². The number of hydrogen-bond acceptors (Lipinski definition) is 4. The fraction of sp³-hybridized carbons (Fsp3) is 0. The molecular weight excluding hydrogens is 340 g/mol. The van der Waals surface area contributed by atoms with Gasteiger partial charge in [0, 0.05) is 10.0 Å². The van der Waals surface area contributed by atoms with Crippen LogP contribution in [0.15, 0.2) is 38.8 Å². The van der Waals surface area contributed by atoms with Gasteiger partial charge in [-0.05, 0) is 28.1 Å². The van der Waals surface area contributed by atoms with Gasteiger partial charge in [-0.15, -0.1) is 10.2 Å². The molecule has 0 radical (unpaired) electrons. The Labute approximate surface area is 108 Å². The molecule has 16 heavy (non-hydrogen) atoms. The number of aromatic hydroxyl groups is 1. The molecule has 0 aliphatic carbocycles.